The van der Waals surface area contributed by atoms with Gasteiger partial charge in [0.1, 0.15) is 0 Å². The van der Waals surface area contributed by atoms with E-state index >= 15 is 0 Å². The predicted octanol–water partition coefficient (Wildman–Crippen LogP) is 2.54. The average Bonchev–Trinajstić information content (AvgIpc) is 2.62. The fourth-order valence-corrected chi connectivity index (χ4v) is 1.53. The van der Waals surface area contributed by atoms with Gasteiger partial charge in [-0.2, -0.15) is 0 Å². The van der Waals surface area contributed by atoms with Gasteiger partial charge >= 0.3 is 0 Å². The molecule has 5 heteroatoms. The molecule has 0 amide bonds. The zero-order chi connectivity index (χ0) is 12.6. The van der Waals surface area contributed by atoms with Crippen molar-refractivity contribution < 1.29 is 13.6 Å². The number of ketones is 1. The Bertz CT molecular complexity index is 575. The van der Waals surface area contributed by atoms with Crippen LogP contribution in [0.2, 0.25) is 0 Å². The van der Waals surface area contributed by atoms with E-state index < -0.39 is 11.6 Å². The second kappa shape index (κ2) is 4.24. The molecule has 2 rings (SSSR count). The highest BCUT2D eigenvalue weighted by atomic mass is 19.2. The van der Waals surface area contributed by atoms with Gasteiger partial charge in [0.2, 0.25) is 0 Å². The Hall–Kier alpha value is -1.78. The number of halogens is 2. The molecular formula is C12H12F2N2O. The van der Waals surface area contributed by atoms with Crippen molar-refractivity contribution in [2.24, 2.45) is 5.92 Å². The minimum absolute atomic E-state index is 0.0223. The van der Waals surface area contributed by atoms with Gasteiger partial charge in [0.25, 0.3) is 0 Å². The van der Waals surface area contributed by atoms with Gasteiger partial charge in [-0.3, -0.25) is 4.79 Å². The molecule has 17 heavy (non-hydrogen) atoms. The van der Waals surface area contributed by atoms with Crippen LogP contribution in [0.25, 0.3) is 11.0 Å². The van der Waals surface area contributed by atoms with Crippen LogP contribution in [0.5, 0.6) is 0 Å². The minimum atomic E-state index is -0.934. The molecule has 2 aromatic rings. The smallest absolute Gasteiger partial charge is 0.161 e. The molecule has 0 saturated heterocycles. The molecule has 1 aromatic carbocycles. The Labute approximate surface area is 97.1 Å². The number of aromatic nitrogens is 2. The van der Waals surface area contributed by atoms with E-state index in [1.807, 2.05) is 0 Å². The van der Waals surface area contributed by atoms with Crippen LogP contribution in [-0.2, 0) is 11.3 Å². The number of rotatable bonds is 3. The lowest BCUT2D eigenvalue weighted by Gasteiger charge is -2.06. The monoisotopic (exact) mass is 238 g/mol. The molecule has 0 aliphatic rings. The lowest BCUT2D eigenvalue weighted by Crippen LogP contribution is -2.14. The van der Waals surface area contributed by atoms with Gasteiger partial charge in [-0.1, -0.05) is 13.8 Å². The van der Waals surface area contributed by atoms with E-state index in [1.165, 1.54) is 10.9 Å². The third kappa shape index (κ3) is 2.18. The summed E-state index contributed by atoms with van der Waals surface area (Å²) in [6.45, 7) is 3.71. The quantitative estimate of drug-likeness (QED) is 0.823. The summed E-state index contributed by atoms with van der Waals surface area (Å²) in [6, 6.07) is 2.09. The van der Waals surface area contributed by atoms with Crippen molar-refractivity contribution >= 4 is 16.8 Å². The van der Waals surface area contributed by atoms with Gasteiger partial charge in [-0.15, -0.1) is 0 Å². The lowest BCUT2D eigenvalue weighted by molar-refractivity contribution is -0.122. The zero-order valence-electron chi connectivity index (χ0n) is 9.58. The highest BCUT2D eigenvalue weighted by molar-refractivity contribution is 5.83. The Morgan fingerprint density at radius 3 is 2.65 bits per heavy atom. The molecule has 0 N–H and O–H groups in total. The molecule has 1 aromatic heterocycles. The van der Waals surface area contributed by atoms with Crippen molar-refractivity contribution in [1.29, 1.82) is 0 Å². The SMILES string of the molecule is CC(C)C(=O)Cn1cnc2cc(F)c(F)cc21. The summed E-state index contributed by atoms with van der Waals surface area (Å²) < 4.78 is 27.6. The van der Waals surface area contributed by atoms with Crippen LogP contribution in [-0.4, -0.2) is 15.3 Å². The third-order valence-corrected chi connectivity index (χ3v) is 2.63. The van der Waals surface area contributed by atoms with Gasteiger partial charge in [0.05, 0.1) is 23.9 Å². The van der Waals surface area contributed by atoms with Crippen molar-refractivity contribution in [2.75, 3.05) is 0 Å². The van der Waals surface area contributed by atoms with Gasteiger partial charge in [0, 0.05) is 18.1 Å². The second-order valence-corrected chi connectivity index (χ2v) is 4.25. The average molecular weight is 238 g/mol. The van der Waals surface area contributed by atoms with E-state index in [9.17, 15) is 13.6 Å². The Balaban J connectivity index is 2.42. The van der Waals surface area contributed by atoms with Gasteiger partial charge in [-0.05, 0) is 0 Å². The summed E-state index contributed by atoms with van der Waals surface area (Å²) in [4.78, 5) is 15.5. The fraction of sp³-hybridized carbons (Fsp3) is 0.333. The molecular weight excluding hydrogens is 226 g/mol. The van der Waals surface area contributed by atoms with Crippen molar-refractivity contribution in [3.63, 3.8) is 0 Å². The van der Waals surface area contributed by atoms with Gasteiger partial charge in [-0.25, -0.2) is 13.8 Å². The number of carbonyl (C=O) groups is 1. The molecule has 90 valence electrons. The third-order valence-electron chi connectivity index (χ3n) is 2.63. The molecule has 0 spiro atoms. The number of nitrogens with zero attached hydrogens (tertiary/aromatic N) is 2. The van der Waals surface area contributed by atoms with Crippen LogP contribution in [0.3, 0.4) is 0 Å². The summed E-state index contributed by atoms with van der Waals surface area (Å²) in [5.41, 5.74) is 0.776. The topological polar surface area (TPSA) is 34.9 Å². The van der Waals surface area contributed by atoms with E-state index in [-0.39, 0.29) is 18.2 Å². The van der Waals surface area contributed by atoms with Gasteiger partial charge in [0.15, 0.2) is 17.4 Å². The van der Waals surface area contributed by atoms with Crippen LogP contribution in [0.4, 0.5) is 8.78 Å². The van der Waals surface area contributed by atoms with E-state index in [0.29, 0.717) is 11.0 Å². The summed E-state index contributed by atoms with van der Waals surface area (Å²) in [5, 5.41) is 0. The molecule has 0 saturated carbocycles. The van der Waals surface area contributed by atoms with Crippen molar-refractivity contribution in [1.82, 2.24) is 9.55 Å². The van der Waals surface area contributed by atoms with Crippen LogP contribution < -0.4 is 0 Å². The standard InChI is InChI=1S/C12H12F2N2O/c1-7(2)12(17)5-16-6-15-10-3-8(13)9(14)4-11(10)16/h3-4,6-7H,5H2,1-2H3. The first kappa shape index (κ1) is 11.7. The first-order chi connectivity index (χ1) is 7.99. The maximum atomic E-state index is 13.1. The van der Waals surface area contributed by atoms with E-state index in [1.54, 1.807) is 13.8 Å². The first-order valence-electron chi connectivity index (χ1n) is 5.31. The first-order valence-corrected chi connectivity index (χ1v) is 5.31. The van der Waals surface area contributed by atoms with Gasteiger partial charge < -0.3 is 4.57 Å². The molecule has 0 aliphatic heterocycles. The molecule has 3 nitrogen and oxygen atoms in total. The van der Waals surface area contributed by atoms with Crippen LogP contribution in [0, 0.1) is 17.6 Å². The Kier molecular flexibility index (Phi) is 2.92. The maximum absolute atomic E-state index is 13.1. The molecule has 0 unspecified atom stereocenters. The highest BCUT2D eigenvalue weighted by Gasteiger charge is 2.13. The summed E-state index contributed by atoms with van der Waals surface area (Å²) in [5.74, 6) is -1.94. The number of imidazole rings is 1. The number of carbonyl (C=O) groups excluding carboxylic acids is 1. The predicted molar refractivity (Wildman–Crippen MR) is 59.5 cm³/mol. The minimum Gasteiger partial charge on any atom is -0.323 e. The van der Waals surface area contributed by atoms with Crippen LogP contribution >= 0.6 is 0 Å². The van der Waals surface area contributed by atoms with Crippen molar-refractivity contribution in [3.8, 4) is 0 Å². The summed E-state index contributed by atoms with van der Waals surface area (Å²) >= 11 is 0. The molecule has 1 heterocycles. The van der Waals surface area contributed by atoms with Crippen LogP contribution in [0.15, 0.2) is 18.5 Å². The molecule has 0 atom stereocenters. The number of hydrogen-bond donors (Lipinski definition) is 0. The normalized spacial score (nSPS) is 11.4. The number of Topliss-reactive ketones (excluding diaryl/α,β-unsaturated/α-hetero) is 1. The van der Waals surface area contributed by atoms with E-state index in [0.717, 1.165) is 12.1 Å². The molecule has 0 fully saturated rings. The van der Waals surface area contributed by atoms with E-state index in [4.69, 9.17) is 0 Å². The fourth-order valence-electron chi connectivity index (χ4n) is 1.53. The van der Waals surface area contributed by atoms with Crippen molar-refractivity contribution in [3.05, 3.63) is 30.1 Å². The highest BCUT2D eigenvalue weighted by Crippen LogP contribution is 2.17. The Morgan fingerprint density at radius 1 is 1.35 bits per heavy atom. The Morgan fingerprint density at radius 2 is 2.00 bits per heavy atom. The number of benzene rings is 1. The molecule has 0 radical (unpaired) electrons. The lowest BCUT2D eigenvalue weighted by atomic mass is 10.1. The molecule has 0 aliphatic carbocycles. The van der Waals surface area contributed by atoms with Crippen molar-refractivity contribution in [2.45, 2.75) is 20.4 Å². The number of hydrogen-bond acceptors (Lipinski definition) is 2. The zero-order valence-corrected chi connectivity index (χ0v) is 9.58. The largest absolute Gasteiger partial charge is 0.323 e. The second-order valence-electron chi connectivity index (χ2n) is 4.25. The number of fused-ring (bicyclic) bond motifs is 1. The van der Waals surface area contributed by atoms with Crippen LogP contribution in [0.1, 0.15) is 13.8 Å². The maximum Gasteiger partial charge on any atom is 0.161 e. The molecule has 0 bridgehead atoms. The summed E-state index contributed by atoms with van der Waals surface area (Å²) in [6.07, 6.45) is 1.42. The van der Waals surface area contributed by atoms with E-state index in [2.05, 4.69) is 4.98 Å². The summed E-state index contributed by atoms with van der Waals surface area (Å²) in [7, 11) is 0.